The molecule has 0 N–H and O–H groups in total. The number of nitrogens with zero attached hydrogens (tertiary/aromatic N) is 1. The lowest BCUT2D eigenvalue weighted by Crippen LogP contribution is -2.39. The highest BCUT2D eigenvalue weighted by molar-refractivity contribution is 6.30. The van der Waals surface area contributed by atoms with E-state index in [1.54, 1.807) is 0 Å². The van der Waals surface area contributed by atoms with Crippen molar-refractivity contribution >= 4 is 29.1 Å². The number of carbonyl (C=O) groups excluding carboxylic acids is 2. The van der Waals surface area contributed by atoms with E-state index in [2.05, 4.69) is 0 Å². The zero-order chi connectivity index (χ0) is 25.3. The SMILES string of the molecule is CC1=NC2=C(C(=O)C[C@H](c3ccc(Cl)cc3)C2)[C@H](c2ccccc2OC(C)C)C1C(=O)OC(C)C. The van der Waals surface area contributed by atoms with E-state index >= 15 is 0 Å². The third-order valence-electron chi connectivity index (χ3n) is 6.45. The molecule has 184 valence electrons. The Kier molecular flexibility index (Phi) is 7.46. The van der Waals surface area contributed by atoms with Gasteiger partial charge in [0.15, 0.2) is 5.78 Å². The fourth-order valence-corrected chi connectivity index (χ4v) is 5.20. The molecule has 6 heteroatoms. The largest absolute Gasteiger partial charge is 0.491 e. The van der Waals surface area contributed by atoms with Crippen molar-refractivity contribution in [2.75, 3.05) is 0 Å². The van der Waals surface area contributed by atoms with Gasteiger partial charge >= 0.3 is 5.97 Å². The number of carbonyl (C=O) groups is 2. The minimum absolute atomic E-state index is 0.00847. The van der Waals surface area contributed by atoms with Crippen molar-refractivity contribution in [1.29, 1.82) is 0 Å². The molecular formula is C29H32ClNO4. The predicted octanol–water partition coefficient (Wildman–Crippen LogP) is 6.65. The molecule has 0 amide bonds. The zero-order valence-electron chi connectivity index (χ0n) is 20.9. The van der Waals surface area contributed by atoms with Crippen LogP contribution in [-0.4, -0.2) is 29.7 Å². The fourth-order valence-electron chi connectivity index (χ4n) is 5.08. The number of hydrogen-bond acceptors (Lipinski definition) is 5. The lowest BCUT2D eigenvalue weighted by molar-refractivity contribution is -0.150. The number of Topliss-reactive ketones (excluding diaryl/α,β-unsaturated/α-hetero) is 1. The smallest absolute Gasteiger partial charge is 0.315 e. The Balaban J connectivity index is 1.83. The fraction of sp³-hybridized carbons (Fsp3) is 0.414. The number of esters is 1. The number of rotatable bonds is 6. The summed E-state index contributed by atoms with van der Waals surface area (Å²) in [6.45, 7) is 9.42. The molecule has 35 heavy (non-hydrogen) atoms. The van der Waals surface area contributed by atoms with Gasteiger partial charge in [-0.05, 0) is 70.7 Å². The molecular weight excluding hydrogens is 462 g/mol. The van der Waals surface area contributed by atoms with Gasteiger partial charge in [0.05, 0.1) is 12.2 Å². The maximum atomic E-state index is 13.7. The van der Waals surface area contributed by atoms with Gasteiger partial charge in [-0.15, -0.1) is 0 Å². The average molecular weight is 494 g/mol. The summed E-state index contributed by atoms with van der Waals surface area (Å²) in [7, 11) is 0. The summed E-state index contributed by atoms with van der Waals surface area (Å²) in [5.74, 6) is -0.883. The van der Waals surface area contributed by atoms with Gasteiger partial charge in [0.1, 0.15) is 11.7 Å². The number of halogens is 1. The van der Waals surface area contributed by atoms with Crippen LogP contribution in [-0.2, 0) is 14.3 Å². The third-order valence-corrected chi connectivity index (χ3v) is 6.70. The van der Waals surface area contributed by atoms with Crippen molar-refractivity contribution in [3.8, 4) is 5.75 Å². The van der Waals surface area contributed by atoms with Gasteiger partial charge in [-0.2, -0.15) is 0 Å². The number of benzene rings is 2. The number of ketones is 1. The molecule has 0 saturated heterocycles. The topological polar surface area (TPSA) is 65.0 Å². The summed E-state index contributed by atoms with van der Waals surface area (Å²) in [5.41, 5.74) is 3.88. The van der Waals surface area contributed by atoms with E-state index < -0.39 is 11.8 Å². The highest BCUT2D eigenvalue weighted by Gasteiger charge is 2.46. The predicted molar refractivity (Wildman–Crippen MR) is 138 cm³/mol. The van der Waals surface area contributed by atoms with Crippen molar-refractivity contribution in [3.05, 3.63) is 76.0 Å². The second-order valence-electron chi connectivity index (χ2n) is 9.84. The van der Waals surface area contributed by atoms with Crippen LogP contribution in [0.3, 0.4) is 0 Å². The van der Waals surface area contributed by atoms with Gasteiger partial charge < -0.3 is 9.47 Å². The first kappa shape index (κ1) is 25.2. The van der Waals surface area contributed by atoms with Gasteiger partial charge in [-0.3, -0.25) is 14.6 Å². The molecule has 1 aliphatic heterocycles. The molecule has 0 bridgehead atoms. The minimum atomic E-state index is -0.691. The van der Waals surface area contributed by atoms with Crippen LogP contribution in [0.1, 0.15) is 70.4 Å². The van der Waals surface area contributed by atoms with Crippen molar-refractivity contribution < 1.29 is 19.1 Å². The van der Waals surface area contributed by atoms with Gasteiger partial charge in [0.25, 0.3) is 0 Å². The monoisotopic (exact) mass is 493 g/mol. The maximum Gasteiger partial charge on any atom is 0.315 e. The Hall–Kier alpha value is -2.92. The van der Waals surface area contributed by atoms with Crippen LogP contribution in [0.4, 0.5) is 0 Å². The Labute approximate surface area is 212 Å². The molecule has 0 fully saturated rings. The van der Waals surface area contributed by atoms with Gasteiger partial charge in [-0.1, -0.05) is 41.9 Å². The summed E-state index contributed by atoms with van der Waals surface area (Å²) in [5, 5.41) is 0.663. The molecule has 2 aromatic carbocycles. The lowest BCUT2D eigenvalue weighted by atomic mass is 9.69. The molecule has 1 aliphatic carbocycles. The molecule has 1 unspecified atom stereocenters. The van der Waals surface area contributed by atoms with Crippen LogP contribution >= 0.6 is 11.6 Å². The molecule has 2 aliphatic rings. The molecule has 5 nitrogen and oxygen atoms in total. The molecule has 0 saturated carbocycles. The number of aliphatic imine (C=N–C) groups is 1. The van der Waals surface area contributed by atoms with Gasteiger partial charge in [0, 0.05) is 39.9 Å². The number of ether oxygens (including phenoxy) is 2. The summed E-state index contributed by atoms with van der Waals surface area (Å²) < 4.78 is 11.8. The van der Waals surface area contributed by atoms with E-state index in [0.717, 1.165) is 16.8 Å². The summed E-state index contributed by atoms with van der Waals surface area (Å²) >= 11 is 6.07. The Morgan fingerprint density at radius 1 is 1.00 bits per heavy atom. The van der Waals surface area contributed by atoms with Crippen molar-refractivity contribution in [1.82, 2.24) is 0 Å². The first-order valence-electron chi connectivity index (χ1n) is 12.2. The number of hydrogen-bond donors (Lipinski definition) is 0. The van der Waals surface area contributed by atoms with E-state index in [1.807, 2.05) is 83.1 Å². The van der Waals surface area contributed by atoms with Crippen LogP contribution in [0.15, 0.2) is 64.8 Å². The standard InChI is InChI=1S/C29H32ClNO4/c1-16(2)34-25-9-7-6-8-22(25)27-26(29(33)35-17(3)4)18(5)31-23-14-20(15-24(32)28(23)27)19-10-12-21(30)13-11-19/h6-13,16-17,20,26-27H,14-15H2,1-5H3/t20-,26?,27-/m1/s1. The second-order valence-corrected chi connectivity index (χ2v) is 10.3. The van der Waals surface area contributed by atoms with Crippen LogP contribution < -0.4 is 4.74 Å². The van der Waals surface area contributed by atoms with Crippen molar-refractivity contribution in [2.45, 2.75) is 71.5 Å². The van der Waals surface area contributed by atoms with E-state index in [4.69, 9.17) is 26.1 Å². The summed E-state index contributed by atoms with van der Waals surface area (Å²) in [6.07, 6.45) is 0.644. The van der Waals surface area contributed by atoms with E-state index in [1.165, 1.54) is 0 Å². The highest BCUT2D eigenvalue weighted by atomic mass is 35.5. The Morgan fingerprint density at radius 2 is 1.69 bits per heavy atom. The molecule has 2 aromatic rings. The first-order valence-corrected chi connectivity index (χ1v) is 12.6. The van der Waals surface area contributed by atoms with E-state index in [9.17, 15) is 9.59 Å². The molecule has 0 spiro atoms. The van der Waals surface area contributed by atoms with Crippen molar-refractivity contribution in [3.63, 3.8) is 0 Å². The first-order chi connectivity index (χ1) is 16.7. The van der Waals surface area contributed by atoms with Crippen molar-refractivity contribution in [2.24, 2.45) is 10.9 Å². The lowest BCUT2D eigenvalue weighted by Gasteiger charge is -2.37. The normalized spacial score (nSPS) is 22.2. The second kappa shape index (κ2) is 10.4. The summed E-state index contributed by atoms with van der Waals surface area (Å²) in [4.78, 5) is 31.9. The quantitative estimate of drug-likeness (QED) is 0.422. The van der Waals surface area contributed by atoms with Crippen LogP contribution in [0.5, 0.6) is 5.75 Å². The molecule has 0 radical (unpaired) electrons. The summed E-state index contributed by atoms with van der Waals surface area (Å²) in [6, 6.07) is 15.3. The maximum absolute atomic E-state index is 13.7. The molecule has 4 rings (SSSR count). The van der Waals surface area contributed by atoms with Crippen LogP contribution in [0.25, 0.3) is 0 Å². The molecule has 1 heterocycles. The van der Waals surface area contributed by atoms with E-state index in [0.29, 0.717) is 34.9 Å². The highest BCUT2D eigenvalue weighted by Crippen LogP contribution is 2.48. The zero-order valence-corrected chi connectivity index (χ0v) is 21.6. The van der Waals surface area contributed by atoms with Crippen LogP contribution in [0.2, 0.25) is 5.02 Å². The Bertz CT molecular complexity index is 1180. The van der Waals surface area contributed by atoms with Gasteiger partial charge in [0.2, 0.25) is 0 Å². The third kappa shape index (κ3) is 5.35. The molecule has 3 atom stereocenters. The van der Waals surface area contributed by atoms with Crippen LogP contribution in [0, 0.1) is 5.92 Å². The minimum Gasteiger partial charge on any atom is -0.491 e. The van der Waals surface area contributed by atoms with Gasteiger partial charge in [-0.25, -0.2) is 0 Å². The number of para-hydroxylation sites is 1. The average Bonchev–Trinajstić information content (AvgIpc) is 2.78. The number of allylic oxidation sites excluding steroid dienone is 2. The van der Waals surface area contributed by atoms with E-state index in [-0.39, 0.29) is 29.9 Å². The Morgan fingerprint density at radius 3 is 2.34 bits per heavy atom. The molecule has 0 aromatic heterocycles.